The molecule has 1 unspecified atom stereocenters. The Kier molecular flexibility index (Phi) is 5.82. The summed E-state index contributed by atoms with van der Waals surface area (Å²) in [5, 5.41) is 6.80. The van der Waals surface area contributed by atoms with Crippen molar-refractivity contribution in [2.45, 2.75) is 12.8 Å². The minimum absolute atomic E-state index is 0. The third-order valence-corrected chi connectivity index (χ3v) is 3.06. The number of carbonyl (C=O) groups is 1. The first-order valence-electron chi connectivity index (χ1n) is 5.58. The molecule has 1 saturated heterocycles. The SMILES string of the molecule is Cl.O=C(NCC1CCCNC1)c1cc(Cl)c[nH]1. The van der Waals surface area contributed by atoms with E-state index in [2.05, 4.69) is 15.6 Å². The maximum absolute atomic E-state index is 11.7. The molecular weight excluding hydrogens is 261 g/mol. The number of aromatic nitrogens is 1. The van der Waals surface area contributed by atoms with Gasteiger partial charge < -0.3 is 15.6 Å². The molecule has 6 heteroatoms. The van der Waals surface area contributed by atoms with Crippen LogP contribution in [0.15, 0.2) is 12.3 Å². The second kappa shape index (κ2) is 6.89. The number of piperidine rings is 1. The lowest BCUT2D eigenvalue weighted by Gasteiger charge is -2.22. The normalized spacial score (nSPS) is 19.5. The van der Waals surface area contributed by atoms with E-state index in [1.54, 1.807) is 12.3 Å². The molecule has 3 N–H and O–H groups in total. The Morgan fingerprint density at radius 3 is 3.00 bits per heavy atom. The summed E-state index contributed by atoms with van der Waals surface area (Å²) < 4.78 is 0. The van der Waals surface area contributed by atoms with Gasteiger partial charge in [-0.3, -0.25) is 4.79 Å². The molecular formula is C11H17Cl2N3O. The van der Waals surface area contributed by atoms with Crippen LogP contribution in [0.1, 0.15) is 23.3 Å². The van der Waals surface area contributed by atoms with E-state index in [0.29, 0.717) is 16.6 Å². The highest BCUT2D eigenvalue weighted by molar-refractivity contribution is 6.30. The molecule has 1 aromatic heterocycles. The predicted octanol–water partition coefficient (Wildman–Crippen LogP) is 1.82. The Labute approximate surface area is 112 Å². The van der Waals surface area contributed by atoms with Crippen molar-refractivity contribution in [1.29, 1.82) is 0 Å². The average molecular weight is 278 g/mol. The molecule has 1 atom stereocenters. The van der Waals surface area contributed by atoms with Crippen LogP contribution in [-0.2, 0) is 0 Å². The Balaban J connectivity index is 0.00000144. The second-order valence-corrected chi connectivity index (χ2v) is 4.59. The molecule has 1 fully saturated rings. The first kappa shape index (κ1) is 14.4. The minimum atomic E-state index is -0.0857. The summed E-state index contributed by atoms with van der Waals surface area (Å²) in [5.74, 6) is 0.459. The van der Waals surface area contributed by atoms with E-state index in [1.165, 1.54) is 12.8 Å². The van der Waals surface area contributed by atoms with Crippen LogP contribution < -0.4 is 10.6 Å². The molecule has 2 heterocycles. The van der Waals surface area contributed by atoms with E-state index >= 15 is 0 Å². The highest BCUT2D eigenvalue weighted by atomic mass is 35.5. The standard InChI is InChI=1S/C11H16ClN3O.ClH/c12-9-4-10(14-7-9)11(16)15-6-8-2-1-3-13-5-8;/h4,7-8,13-14H,1-3,5-6H2,(H,15,16);1H. The van der Waals surface area contributed by atoms with Gasteiger partial charge in [-0.25, -0.2) is 0 Å². The van der Waals surface area contributed by atoms with E-state index in [-0.39, 0.29) is 18.3 Å². The van der Waals surface area contributed by atoms with Gasteiger partial charge in [0.1, 0.15) is 5.69 Å². The van der Waals surface area contributed by atoms with Crippen LogP contribution in [0, 0.1) is 5.92 Å². The molecule has 0 radical (unpaired) electrons. The molecule has 2 rings (SSSR count). The van der Waals surface area contributed by atoms with Gasteiger partial charge in [0, 0.05) is 12.7 Å². The summed E-state index contributed by atoms with van der Waals surface area (Å²) in [5.41, 5.74) is 0.522. The number of aromatic amines is 1. The number of H-pyrrole nitrogens is 1. The van der Waals surface area contributed by atoms with Gasteiger partial charge in [0.05, 0.1) is 5.02 Å². The second-order valence-electron chi connectivity index (χ2n) is 4.15. The number of hydrogen-bond donors (Lipinski definition) is 3. The topological polar surface area (TPSA) is 56.9 Å². The first-order chi connectivity index (χ1) is 7.75. The Morgan fingerprint density at radius 2 is 2.41 bits per heavy atom. The third-order valence-electron chi connectivity index (χ3n) is 2.84. The average Bonchev–Trinajstić information content (AvgIpc) is 2.74. The largest absolute Gasteiger partial charge is 0.356 e. The summed E-state index contributed by atoms with van der Waals surface area (Å²) >= 11 is 5.73. The van der Waals surface area contributed by atoms with Gasteiger partial charge >= 0.3 is 0 Å². The molecule has 96 valence electrons. The van der Waals surface area contributed by atoms with Crippen LogP contribution in [0.2, 0.25) is 5.02 Å². The first-order valence-corrected chi connectivity index (χ1v) is 5.96. The molecule has 0 spiro atoms. The maximum atomic E-state index is 11.7. The van der Waals surface area contributed by atoms with Crippen molar-refractivity contribution < 1.29 is 4.79 Å². The lowest BCUT2D eigenvalue weighted by atomic mass is 10.00. The van der Waals surface area contributed by atoms with Gasteiger partial charge in [-0.2, -0.15) is 0 Å². The van der Waals surface area contributed by atoms with Crippen LogP contribution >= 0.6 is 24.0 Å². The highest BCUT2D eigenvalue weighted by Gasteiger charge is 2.14. The smallest absolute Gasteiger partial charge is 0.267 e. The highest BCUT2D eigenvalue weighted by Crippen LogP contribution is 2.11. The van der Waals surface area contributed by atoms with Crippen molar-refractivity contribution in [1.82, 2.24) is 15.6 Å². The molecule has 1 aromatic rings. The van der Waals surface area contributed by atoms with Crippen LogP contribution in [0.4, 0.5) is 0 Å². The maximum Gasteiger partial charge on any atom is 0.267 e. The molecule has 1 aliphatic rings. The number of carbonyl (C=O) groups excluding carboxylic acids is 1. The molecule has 0 aliphatic carbocycles. The number of amides is 1. The van der Waals surface area contributed by atoms with Gasteiger partial charge in [-0.15, -0.1) is 12.4 Å². The number of halogens is 2. The number of rotatable bonds is 3. The molecule has 1 amide bonds. The van der Waals surface area contributed by atoms with Crippen LogP contribution in [0.25, 0.3) is 0 Å². The Morgan fingerprint density at radius 1 is 1.59 bits per heavy atom. The summed E-state index contributed by atoms with van der Waals surface area (Å²) in [6.07, 6.45) is 3.98. The molecule has 0 aromatic carbocycles. The molecule has 1 aliphatic heterocycles. The molecule has 0 bridgehead atoms. The van der Waals surface area contributed by atoms with Crippen LogP contribution in [-0.4, -0.2) is 30.5 Å². The van der Waals surface area contributed by atoms with Gasteiger partial charge in [0.2, 0.25) is 0 Å². The van der Waals surface area contributed by atoms with Gasteiger partial charge in [0.25, 0.3) is 5.91 Å². The lowest BCUT2D eigenvalue weighted by molar-refractivity contribution is 0.0940. The van der Waals surface area contributed by atoms with E-state index in [9.17, 15) is 4.79 Å². The minimum Gasteiger partial charge on any atom is -0.356 e. The van der Waals surface area contributed by atoms with E-state index < -0.39 is 0 Å². The van der Waals surface area contributed by atoms with E-state index in [1.807, 2.05) is 0 Å². The Bertz CT molecular complexity index is 361. The van der Waals surface area contributed by atoms with Crippen LogP contribution in [0.3, 0.4) is 0 Å². The van der Waals surface area contributed by atoms with E-state index in [4.69, 9.17) is 11.6 Å². The summed E-state index contributed by atoms with van der Waals surface area (Å²) in [7, 11) is 0. The van der Waals surface area contributed by atoms with Gasteiger partial charge in [-0.1, -0.05) is 11.6 Å². The van der Waals surface area contributed by atoms with Crippen molar-refractivity contribution in [3.8, 4) is 0 Å². The monoisotopic (exact) mass is 277 g/mol. The fraction of sp³-hybridized carbons (Fsp3) is 0.545. The van der Waals surface area contributed by atoms with Crippen molar-refractivity contribution in [2.75, 3.05) is 19.6 Å². The van der Waals surface area contributed by atoms with Crippen molar-refractivity contribution in [3.63, 3.8) is 0 Å². The predicted molar refractivity (Wildman–Crippen MR) is 71.0 cm³/mol. The fourth-order valence-corrected chi connectivity index (χ4v) is 2.09. The Hall–Kier alpha value is -0.710. The summed E-state index contributed by atoms with van der Waals surface area (Å²) in [6.45, 7) is 2.81. The number of nitrogens with one attached hydrogen (secondary N) is 3. The van der Waals surface area contributed by atoms with Crippen molar-refractivity contribution in [2.24, 2.45) is 5.92 Å². The zero-order chi connectivity index (χ0) is 11.4. The number of hydrogen-bond acceptors (Lipinski definition) is 2. The summed E-state index contributed by atoms with van der Waals surface area (Å²) in [4.78, 5) is 14.5. The van der Waals surface area contributed by atoms with Crippen molar-refractivity contribution >= 4 is 29.9 Å². The van der Waals surface area contributed by atoms with Gasteiger partial charge in [-0.05, 0) is 37.9 Å². The van der Waals surface area contributed by atoms with E-state index in [0.717, 1.165) is 19.6 Å². The fourth-order valence-electron chi connectivity index (χ4n) is 1.93. The van der Waals surface area contributed by atoms with Crippen molar-refractivity contribution in [3.05, 3.63) is 23.0 Å². The molecule has 0 saturated carbocycles. The zero-order valence-corrected chi connectivity index (χ0v) is 11.0. The van der Waals surface area contributed by atoms with Crippen LogP contribution in [0.5, 0.6) is 0 Å². The quantitative estimate of drug-likeness (QED) is 0.790. The molecule has 4 nitrogen and oxygen atoms in total. The third kappa shape index (κ3) is 4.22. The lowest BCUT2D eigenvalue weighted by Crippen LogP contribution is -2.38. The van der Waals surface area contributed by atoms with Gasteiger partial charge in [0.15, 0.2) is 0 Å². The zero-order valence-electron chi connectivity index (χ0n) is 9.46. The summed E-state index contributed by atoms with van der Waals surface area (Å²) in [6, 6.07) is 1.63. The molecule has 17 heavy (non-hydrogen) atoms.